The molecule has 0 N–H and O–H groups in total. The van der Waals surface area contributed by atoms with E-state index in [1.54, 1.807) is 36.4 Å². The van der Waals surface area contributed by atoms with E-state index >= 15 is 0 Å². The van der Waals surface area contributed by atoms with Crippen molar-refractivity contribution in [3.8, 4) is 5.75 Å². The second kappa shape index (κ2) is 9.18. The van der Waals surface area contributed by atoms with Gasteiger partial charge in [-0.2, -0.15) is 0 Å². The topological polar surface area (TPSA) is 46.6 Å². The molecule has 3 rings (SSSR count). The van der Waals surface area contributed by atoms with Gasteiger partial charge in [0.25, 0.3) is 0 Å². The third-order valence-electron chi connectivity index (χ3n) is 4.78. The van der Waals surface area contributed by atoms with Gasteiger partial charge in [0.2, 0.25) is 0 Å². The minimum Gasteiger partial charge on any atom is -0.423 e. The summed E-state index contributed by atoms with van der Waals surface area (Å²) in [6.07, 6.45) is 4.76. The molecule has 1 fully saturated rings. The number of carbonyl (C=O) groups excluding carboxylic acids is 2. The van der Waals surface area contributed by atoms with Crippen LogP contribution in [-0.4, -0.2) is 37.3 Å². The number of esters is 1. The molecule has 28 heavy (non-hydrogen) atoms. The van der Waals surface area contributed by atoms with Crippen LogP contribution in [0.15, 0.2) is 54.1 Å². The van der Waals surface area contributed by atoms with E-state index in [0.717, 1.165) is 36.9 Å². The molecule has 1 aliphatic rings. The summed E-state index contributed by atoms with van der Waals surface area (Å²) >= 11 is 5.83. The highest BCUT2D eigenvalue weighted by Crippen LogP contribution is 2.28. The first-order chi connectivity index (χ1) is 13.4. The van der Waals surface area contributed by atoms with Crippen molar-refractivity contribution in [3.05, 3.63) is 70.3 Å². The summed E-state index contributed by atoms with van der Waals surface area (Å²) in [6, 6.07) is 13.8. The number of nitrogens with zero attached hydrogens (tertiary/aromatic N) is 1. The fourth-order valence-electron chi connectivity index (χ4n) is 3.40. The number of hydrogen-bond acceptors (Lipinski definition) is 4. The van der Waals surface area contributed by atoms with Gasteiger partial charge in [-0.05, 0) is 87.0 Å². The Hall–Kier alpha value is -2.43. The van der Waals surface area contributed by atoms with E-state index in [0.29, 0.717) is 16.3 Å². The Morgan fingerprint density at radius 3 is 2.46 bits per heavy atom. The molecule has 1 unspecified atom stereocenters. The molecule has 1 atom stereocenters. The highest BCUT2D eigenvalue weighted by Gasteiger charge is 2.26. The first kappa shape index (κ1) is 20.3. The van der Waals surface area contributed by atoms with Crippen LogP contribution in [0.1, 0.15) is 35.2 Å². The molecule has 1 saturated carbocycles. The quantitative estimate of drug-likeness (QED) is 0.410. The van der Waals surface area contributed by atoms with Crippen molar-refractivity contribution in [1.82, 2.24) is 4.90 Å². The summed E-state index contributed by atoms with van der Waals surface area (Å²) in [5, 5.41) is 0.569. The normalized spacial score (nSPS) is 18.5. The Labute approximate surface area is 170 Å². The lowest BCUT2D eigenvalue weighted by molar-refractivity contribution is -0.120. The van der Waals surface area contributed by atoms with Gasteiger partial charge in [0, 0.05) is 17.5 Å². The van der Waals surface area contributed by atoms with E-state index in [4.69, 9.17) is 16.3 Å². The highest BCUT2D eigenvalue weighted by molar-refractivity contribution is 6.30. The molecule has 2 aromatic carbocycles. The summed E-state index contributed by atoms with van der Waals surface area (Å²) in [6.45, 7) is 0.787. The molecule has 0 heterocycles. The molecule has 0 saturated heterocycles. The lowest BCUT2D eigenvalue weighted by Crippen LogP contribution is -2.31. The predicted octanol–water partition coefficient (Wildman–Crippen LogP) is 4.87. The summed E-state index contributed by atoms with van der Waals surface area (Å²) < 4.78 is 5.39. The average molecular weight is 398 g/mol. The lowest BCUT2D eigenvalue weighted by Gasteiger charge is -2.25. The first-order valence-electron chi connectivity index (χ1n) is 9.39. The number of benzene rings is 2. The fourth-order valence-corrected chi connectivity index (χ4v) is 3.52. The second-order valence-electron chi connectivity index (χ2n) is 7.35. The predicted molar refractivity (Wildman–Crippen MR) is 112 cm³/mol. The molecule has 0 spiro atoms. The van der Waals surface area contributed by atoms with Crippen LogP contribution in [-0.2, 0) is 4.79 Å². The summed E-state index contributed by atoms with van der Waals surface area (Å²) in [5.74, 6) is 0.354. The number of rotatable bonds is 5. The smallest absolute Gasteiger partial charge is 0.343 e. The van der Waals surface area contributed by atoms with Crippen molar-refractivity contribution in [2.75, 3.05) is 20.6 Å². The minimum absolute atomic E-state index is 0.0783. The molecule has 0 amide bonds. The summed E-state index contributed by atoms with van der Waals surface area (Å²) in [4.78, 5) is 26.9. The van der Waals surface area contributed by atoms with Crippen LogP contribution < -0.4 is 4.74 Å². The zero-order chi connectivity index (χ0) is 20.1. The third-order valence-corrected chi connectivity index (χ3v) is 5.03. The molecule has 4 nitrogen and oxygen atoms in total. The Balaban J connectivity index is 1.66. The highest BCUT2D eigenvalue weighted by atomic mass is 35.5. The van der Waals surface area contributed by atoms with Crippen molar-refractivity contribution < 1.29 is 14.3 Å². The van der Waals surface area contributed by atoms with Gasteiger partial charge in [0.1, 0.15) is 5.75 Å². The van der Waals surface area contributed by atoms with Crippen molar-refractivity contribution in [2.45, 2.75) is 19.3 Å². The van der Waals surface area contributed by atoms with E-state index in [2.05, 4.69) is 4.90 Å². The van der Waals surface area contributed by atoms with Crippen molar-refractivity contribution in [3.63, 3.8) is 0 Å². The third kappa shape index (κ3) is 5.31. The Bertz CT molecular complexity index is 870. The van der Waals surface area contributed by atoms with Crippen LogP contribution in [0, 0.1) is 5.92 Å². The van der Waals surface area contributed by atoms with Crippen LogP contribution >= 0.6 is 11.6 Å². The van der Waals surface area contributed by atoms with Gasteiger partial charge in [-0.25, -0.2) is 4.79 Å². The van der Waals surface area contributed by atoms with Crippen molar-refractivity contribution >= 4 is 29.4 Å². The summed E-state index contributed by atoms with van der Waals surface area (Å²) in [7, 11) is 3.99. The van der Waals surface area contributed by atoms with E-state index in [-0.39, 0.29) is 11.7 Å². The molecule has 5 heteroatoms. The zero-order valence-electron chi connectivity index (χ0n) is 16.2. The number of allylic oxidation sites excluding steroid dienone is 1. The molecule has 0 aliphatic heterocycles. The number of Topliss-reactive ketones (excluding diaryl/α,β-unsaturated/α-hetero) is 1. The van der Waals surface area contributed by atoms with Crippen LogP contribution in [0.2, 0.25) is 5.02 Å². The Kier molecular flexibility index (Phi) is 6.65. The second-order valence-corrected chi connectivity index (χ2v) is 7.79. The van der Waals surface area contributed by atoms with E-state index in [1.807, 2.05) is 32.3 Å². The zero-order valence-corrected chi connectivity index (χ0v) is 16.9. The molecular weight excluding hydrogens is 374 g/mol. The summed E-state index contributed by atoms with van der Waals surface area (Å²) in [5.41, 5.74) is 2.25. The van der Waals surface area contributed by atoms with Gasteiger partial charge in [-0.1, -0.05) is 23.7 Å². The molecule has 0 radical (unpaired) electrons. The SMILES string of the molecule is CN(C)CC1CCCC(=Cc2ccc(OC(=O)c3ccc(Cl)cc3)cc2)C1=O. The van der Waals surface area contributed by atoms with Crippen LogP contribution in [0.5, 0.6) is 5.75 Å². The molecule has 0 aromatic heterocycles. The lowest BCUT2D eigenvalue weighted by atomic mass is 9.83. The van der Waals surface area contributed by atoms with Gasteiger partial charge >= 0.3 is 5.97 Å². The van der Waals surface area contributed by atoms with Crippen LogP contribution in [0.25, 0.3) is 6.08 Å². The molecular formula is C23H24ClNO3. The van der Waals surface area contributed by atoms with Gasteiger partial charge < -0.3 is 9.64 Å². The minimum atomic E-state index is -0.434. The Morgan fingerprint density at radius 2 is 1.82 bits per heavy atom. The largest absolute Gasteiger partial charge is 0.423 e. The maximum absolute atomic E-state index is 12.7. The van der Waals surface area contributed by atoms with Crippen LogP contribution in [0.3, 0.4) is 0 Å². The van der Waals surface area contributed by atoms with Crippen LogP contribution in [0.4, 0.5) is 0 Å². The molecule has 1 aliphatic carbocycles. The Morgan fingerprint density at radius 1 is 1.14 bits per heavy atom. The van der Waals surface area contributed by atoms with Crippen molar-refractivity contribution in [2.24, 2.45) is 5.92 Å². The van der Waals surface area contributed by atoms with E-state index in [9.17, 15) is 9.59 Å². The molecule has 0 bridgehead atoms. The maximum Gasteiger partial charge on any atom is 0.343 e. The van der Waals surface area contributed by atoms with Gasteiger partial charge in [0.15, 0.2) is 5.78 Å². The molecule has 2 aromatic rings. The standard InChI is InChI=1S/C23H24ClNO3/c1-25(2)15-19-5-3-4-18(22(19)26)14-16-6-12-21(13-7-16)28-23(27)17-8-10-20(24)11-9-17/h6-14,19H,3-5,15H2,1-2H3. The number of ketones is 1. The number of halogens is 1. The van der Waals surface area contributed by atoms with Crippen molar-refractivity contribution in [1.29, 1.82) is 0 Å². The van der Waals surface area contributed by atoms with Gasteiger partial charge in [0.05, 0.1) is 5.56 Å². The maximum atomic E-state index is 12.7. The van der Waals surface area contributed by atoms with E-state index in [1.165, 1.54) is 0 Å². The number of carbonyl (C=O) groups is 2. The number of ether oxygens (including phenoxy) is 1. The average Bonchev–Trinajstić information content (AvgIpc) is 2.66. The molecule has 146 valence electrons. The van der Waals surface area contributed by atoms with Gasteiger partial charge in [-0.3, -0.25) is 4.79 Å². The monoisotopic (exact) mass is 397 g/mol. The van der Waals surface area contributed by atoms with E-state index < -0.39 is 5.97 Å². The number of hydrogen-bond donors (Lipinski definition) is 0. The van der Waals surface area contributed by atoms with Gasteiger partial charge in [-0.15, -0.1) is 0 Å². The fraction of sp³-hybridized carbons (Fsp3) is 0.304. The first-order valence-corrected chi connectivity index (χ1v) is 9.77.